The van der Waals surface area contributed by atoms with E-state index in [0.29, 0.717) is 5.69 Å². The van der Waals surface area contributed by atoms with Gasteiger partial charge in [-0.2, -0.15) is 13.6 Å². The SMILES string of the molecule is CNc1ccccc1C(=O)O[C@H]1C[C@H](n2cnc3c(=O)[nH]c(N)nc32)O[C@@H]1COP(=O)(O)OP(=O)(O)OP(=O)(O)O. The van der Waals surface area contributed by atoms with Gasteiger partial charge in [0.15, 0.2) is 11.2 Å². The molecule has 1 aliphatic rings. The lowest BCUT2D eigenvalue weighted by Crippen LogP contribution is -2.31. The van der Waals surface area contributed by atoms with Crippen LogP contribution in [0.25, 0.3) is 11.2 Å². The Kier molecular flexibility index (Phi) is 8.84. The fourth-order valence-corrected chi connectivity index (χ4v) is 6.88. The predicted octanol–water partition coefficient (Wildman–Crippen LogP) is 0.600. The Bertz CT molecular complexity index is 1660. The van der Waals surface area contributed by atoms with E-state index in [1.54, 1.807) is 25.2 Å². The van der Waals surface area contributed by atoms with Crippen LogP contribution in [0.3, 0.4) is 0 Å². The number of phosphoric ester groups is 1. The van der Waals surface area contributed by atoms with Crippen molar-refractivity contribution in [1.82, 2.24) is 19.5 Å². The number of nitrogens with zero attached hydrogens (tertiary/aromatic N) is 3. The van der Waals surface area contributed by atoms with Crippen molar-refractivity contribution < 1.29 is 60.7 Å². The monoisotopic (exact) mass is 640 g/mol. The zero-order chi connectivity index (χ0) is 30.2. The van der Waals surface area contributed by atoms with Gasteiger partial charge >= 0.3 is 29.4 Å². The Morgan fingerprint density at radius 2 is 1.90 bits per heavy atom. The van der Waals surface area contributed by atoms with E-state index in [2.05, 4.69) is 28.9 Å². The zero-order valence-corrected chi connectivity index (χ0v) is 23.3. The highest BCUT2D eigenvalue weighted by Gasteiger charge is 2.44. The molecule has 4 rings (SSSR count). The van der Waals surface area contributed by atoms with Crippen LogP contribution in [0.15, 0.2) is 35.4 Å². The lowest BCUT2D eigenvalue weighted by Gasteiger charge is -2.21. The number of H-pyrrole nitrogens is 1. The summed E-state index contributed by atoms with van der Waals surface area (Å²) in [6, 6.07) is 6.35. The minimum atomic E-state index is -5.77. The molecule has 41 heavy (non-hydrogen) atoms. The molecule has 2 aromatic heterocycles. The van der Waals surface area contributed by atoms with E-state index in [4.69, 9.17) is 29.5 Å². The number of nitrogens with one attached hydrogen (secondary N) is 2. The maximum atomic E-state index is 13.0. The third-order valence-electron chi connectivity index (χ3n) is 5.43. The number of imidazole rings is 1. The first-order chi connectivity index (χ1) is 19.1. The Balaban J connectivity index is 1.58. The number of fused-ring (bicyclic) bond motifs is 1. The van der Waals surface area contributed by atoms with E-state index >= 15 is 0 Å². The molecule has 0 saturated carbocycles. The van der Waals surface area contributed by atoms with E-state index in [9.17, 15) is 33.1 Å². The van der Waals surface area contributed by atoms with Crippen molar-refractivity contribution in [1.29, 1.82) is 0 Å². The summed E-state index contributed by atoms with van der Waals surface area (Å²) in [7, 11) is -15.3. The standard InChI is InChI=1S/C18H23N6O14P3/c1-20-10-5-3-2-4-9(10)17(26)36-11-6-13(24-8-21-14-15(24)22-18(19)23-16(14)25)35-12(11)7-34-40(30,31)38-41(32,33)37-39(27,28)29/h2-5,8,11-13,20H,6-7H2,1H3,(H,30,31)(H,32,33)(H2,27,28,29)(H3,19,22,23,25)/t11-,12+,13+/m0/s1. The van der Waals surface area contributed by atoms with Gasteiger partial charge in [0.1, 0.15) is 18.4 Å². The highest BCUT2D eigenvalue weighted by atomic mass is 31.3. The van der Waals surface area contributed by atoms with E-state index in [-0.39, 0.29) is 29.1 Å². The number of phosphoric acid groups is 3. The highest BCUT2D eigenvalue weighted by molar-refractivity contribution is 7.66. The van der Waals surface area contributed by atoms with Crippen molar-refractivity contribution in [3.63, 3.8) is 0 Å². The number of nitrogens with two attached hydrogens (primary N) is 1. The predicted molar refractivity (Wildman–Crippen MR) is 136 cm³/mol. The fraction of sp³-hybridized carbons (Fsp3) is 0.333. The Morgan fingerprint density at radius 1 is 1.20 bits per heavy atom. The van der Waals surface area contributed by atoms with Gasteiger partial charge in [-0.3, -0.25) is 18.9 Å². The smallest absolute Gasteiger partial charge is 0.456 e. The van der Waals surface area contributed by atoms with Gasteiger partial charge in [0.05, 0.1) is 18.5 Å². The molecule has 2 unspecified atom stereocenters. The number of carbonyl (C=O) groups is 1. The van der Waals surface area contributed by atoms with E-state index in [1.165, 1.54) is 17.0 Å². The van der Waals surface area contributed by atoms with Crippen molar-refractivity contribution in [2.24, 2.45) is 0 Å². The lowest BCUT2D eigenvalue weighted by molar-refractivity contribution is -0.0489. The van der Waals surface area contributed by atoms with Gasteiger partial charge in [-0.15, -0.1) is 0 Å². The van der Waals surface area contributed by atoms with Gasteiger partial charge < -0.3 is 40.1 Å². The van der Waals surface area contributed by atoms with Crippen LogP contribution in [-0.4, -0.2) is 70.9 Å². The Labute approximate surface area is 228 Å². The van der Waals surface area contributed by atoms with Crippen molar-refractivity contribution in [3.8, 4) is 0 Å². The molecule has 1 aliphatic heterocycles. The van der Waals surface area contributed by atoms with Gasteiger partial charge in [0, 0.05) is 19.2 Å². The number of hydrogen-bond donors (Lipinski definition) is 7. The molecule has 224 valence electrons. The molecule has 1 fully saturated rings. The van der Waals surface area contributed by atoms with Crippen molar-refractivity contribution >= 4 is 52.2 Å². The molecule has 0 spiro atoms. The summed E-state index contributed by atoms with van der Waals surface area (Å²) in [4.78, 5) is 72.1. The quantitative estimate of drug-likeness (QED) is 0.111. The molecule has 0 radical (unpaired) electrons. The van der Waals surface area contributed by atoms with E-state index in [1.807, 2.05) is 0 Å². The normalized spacial score (nSPS) is 22.2. The number of aromatic nitrogens is 4. The second-order valence-corrected chi connectivity index (χ2v) is 12.7. The first-order valence-corrected chi connectivity index (χ1v) is 15.7. The number of nitrogen functional groups attached to an aromatic ring is 1. The third kappa shape index (κ3) is 7.65. The number of para-hydroxylation sites is 1. The summed E-state index contributed by atoms with van der Waals surface area (Å²) < 4.78 is 59.6. The number of hydrogen-bond acceptors (Lipinski definition) is 14. The maximum Gasteiger partial charge on any atom is 0.490 e. The second kappa shape index (κ2) is 11.7. The lowest BCUT2D eigenvalue weighted by atomic mass is 10.1. The van der Waals surface area contributed by atoms with Gasteiger partial charge in [-0.1, -0.05) is 12.1 Å². The van der Waals surface area contributed by atoms with Crippen LogP contribution in [0.4, 0.5) is 11.6 Å². The highest BCUT2D eigenvalue weighted by Crippen LogP contribution is 2.66. The number of benzene rings is 1. The van der Waals surface area contributed by atoms with Gasteiger partial charge in [0.2, 0.25) is 5.95 Å². The number of anilines is 2. The first-order valence-electron chi connectivity index (χ1n) is 11.2. The van der Waals surface area contributed by atoms with E-state index < -0.39 is 60.0 Å². The molecule has 3 aromatic rings. The molecular weight excluding hydrogens is 617 g/mol. The van der Waals surface area contributed by atoms with E-state index in [0.717, 1.165) is 0 Å². The largest absolute Gasteiger partial charge is 0.490 e. The third-order valence-corrected chi connectivity index (χ3v) is 9.24. The maximum absolute atomic E-state index is 13.0. The Morgan fingerprint density at radius 3 is 2.59 bits per heavy atom. The molecule has 0 bridgehead atoms. The minimum absolute atomic E-state index is 0.00962. The molecule has 3 heterocycles. The topological polar surface area (TPSA) is 297 Å². The number of esters is 1. The van der Waals surface area contributed by atoms with Crippen LogP contribution in [0, 0.1) is 0 Å². The minimum Gasteiger partial charge on any atom is -0.456 e. The van der Waals surface area contributed by atoms with Crippen LogP contribution in [0.5, 0.6) is 0 Å². The van der Waals surface area contributed by atoms with Crippen LogP contribution >= 0.6 is 23.5 Å². The average Bonchev–Trinajstić information content (AvgIpc) is 3.44. The summed E-state index contributed by atoms with van der Waals surface area (Å²) in [5.74, 6) is -1.04. The molecule has 1 aromatic carbocycles. The van der Waals surface area contributed by atoms with Crippen LogP contribution in [-0.2, 0) is 36.3 Å². The molecule has 20 nitrogen and oxygen atoms in total. The van der Waals surface area contributed by atoms with Crippen molar-refractivity contribution in [2.45, 2.75) is 24.9 Å². The van der Waals surface area contributed by atoms with Crippen molar-refractivity contribution in [3.05, 3.63) is 46.5 Å². The van der Waals surface area contributed by atoms with Crippen molar-refractivity contribution in [2.75, 3.05) is 24.7 Å². The first kappa shape index (κ1) is 31.0. The number of aromatic amines is 1. The molecule has 5 atom stereocenters. The average molecular weight is 640 g/mol. The second-order valence-electron chi connectivity index (χ2n) is 8.27. The Hall–Kier alpha value is -2.99. The fourth-order valence-electron chi connectivity index (χ4n) is 3.85. The summed E-state index contributed by atoms with van der Waals surface area (Å²) in [6.45, 7) is -0.908. The molecule has 23 heteroatoms. The van der Waals surface area contributed by atoms with Gasteiger partial charge in [-0.05, 0) is 12.1 Å². The molecule has 1 saturated heterocycles. The van der Waals surface area contributed by atoms with Crippen LogP contribution in [0.2, 0.25) is 0 Å². The van der Waals surface area contributed by atoms with Crippen LogP contribution in [0.1, 0.15) is 23.0 Å². The summed E-state index contributed by atoms with van der Waals surface area (Å²) >= 11 is 0. The number of ether oxygens (including phenoxy) is 2. The molecule has 0 aliphatic carbocycles. The number of carbonyl (C=O) groups excluding carboxylic acids is 1. The summed E-state index contributed by atoms with van der Waals surface area (Å²) in [5, 5.41) is 2.83. The molecule has 8 N–H and O–H groups in total. The van der Waals surface area contributed by atoms with Crippen LogP contribution < -0.4 is 16.6 Å². The number of rotatable bonds is 11. The molecular formula is C18H23N6O14P3. The summed E-state index contributed by atoms with van der Waals surface area (Å²) in [5.41, 5.74) is 5.48. The van der Waals surface area contributed by atoms with Gasteiger partial charge in [-0.25, -0.2) is 23.5 Å². The van der Waals surface area contributed by atoms with Gasteiger partial charge in [0.25, 0.3) is 5.56 Å². The summed E-state index contributed by atoms with van der Waals surface area (Å²) in [6.07, 6.45) is -2.50. The zero-order valence-electron chi connectivity index (χ0n) is 20.7. The molecule has 0 amide bonds.